The molecule has 192 valence electrons. The molecule has 5 aromatic rings. The lowest BCUT2D eigenvalue weighted by Gasteiger charge is -2.12. The molecule has 0 aliphatic heterocycles. The lowest BCUT2D eigenvalue weighted by molar-refractivity contribution is -0.137. The van der Waals surface area contributed by atoms with Gasteiger partial charge in [-0.15, -0.1) is 16.9 Å². The van der Waals surface area contributed by atoms with Gasteiger partial charge in [0, 0.05) is 23.6 Å². The normalized spacial score (nSPS) is 11.1. The molecule has 2 aromatic carbocycles. The molecule has 0 unspecified atom stereocenters. The fourth-order valence-electron chi connectivity index (χ4n) is 3.86. The van der Waals surface area contributed by atoms with Gasteiger partial charge in [-0.25, -0.2) is 9.50 Å². The van der Waals surface area contributed by atoms with Crippen LogP contribution in [0.3, 0.4) is 0 Å². The van der Waals surface area contributed by atoms with Crippen molar-refractivity contribution in [2.75, 3.05) is 11.6 Å². The smallest absolute Gasteiger partial charge is 0.416 e. The molecule has 5 rings (SSSR count). The van der Waals surface area contributed by atoms with Crippen LogP contribution >= 0.6 is 11.8 Å². The number of halogens is 3. The molecule has 3 heterocycles. The maximum absolute atomic E-state index is 13.5. The zero-order chi connectivity index (χ0) is 27.6. The van der Waals surface area contributed by atoms with Crippen LogP contribution in [0.1, 0.15) is 16.7 Å². The minimum Gasteiger partial charge on any atom is -0.457 e. The van der Waals surface area contributed by atoms with Crippen LogP contribution in [-0.2, 0) is 6.18 Å². The highest BCUT2D eigenvalue weighted by Crippen LogP contribution is 2.37. The van der Waals surface area contributed by atoms with E-state index in [1.165, 1.54) is 16.6 Å². The Kier molecular flexibility index (Phi) is 6.79. The van der Waals surface area contributed by atoms with Gasteiger partial charge in [0.1, 0.15) is 39.8 Å². The third-order valence-electron chi connectivity index (χ3n) is 5.61. The van der Waals surface area contributed by atoms with E-state index in [9.17, 15) is 23.7 Å². The lowest BCUT2D eigenvalue weighted by atomic mass is 10.0. The maximum atomic E-state index is 13.5. The van der Waals surface area contributed by atoms with Crippen molar-refractivity contribution in [3.8, 4) is 34.9 Å². The second kappa shape index (κ2) is 10.4. The van der Waals surface area contributed by atoms with E-state index in [2.05, 4.69) is 26.5 Å². The Morgan fingerprint density at radius 3 is 2.28 bits per heavy atom. The van der Waals surface area contributed by atoms with Crippen molar-refractivity contribution in [1.82, 2.24) is 19.6 Å². The number of alkyl halides is 3. The fourth-order valence-corrected chi connectivity index (χ4v) is 4.39. The minimum atomic E-state index is -4.58. The van der Waals surface area contributed by atoms with Crippen LogP contribution in [0.4, 0.5) is 24.7 Å². The van der Waals surface area contributed by atoms with Crippen molar-refractivity contribution in [2.45, 2.75) is 11.2 Å². The molecule has 3 aromatic heterocycles. The van der Waals surface area contributed by atoms with Gasteiger partial charge in [0.15, 0.2) is 11.5 Å². The summed E-state index contributed by atoms with van der Waals surface area (Å²) in [7, 11) is 0. The Morgan fingerprint density at radius 1 is 0.949 bits per heavy atom. The number of aromatic nitrogens is 4. The number of rotatable bonds is 6. The number of benzene rings is 2. The predicted octanol–water partition coefficient (Wildman–Crippen LogP) is 6.81. The summed E-state index contributed by atoms with van der Waals surface area (Å²) in [6.07, 6.45) is 0.325. The van der Waals surface area contributed by atoms with E-state index in [1.807, 2.05) is 6.07 Å². The van der Waals surface area contributed by atoms with E-state index in [0.29, 0.717) is 17.2 Å². The van der Waals surface area contributed by atoms with E-state index in [-0.39, 0.29) is 38.9 Å². The zero-order valence-electron chi connectivity index (χ0n) is 20.1. The molecule has 39 heavy (non-hydrogen) atoms. The van der Waals surface area contributed by atoms with E-state index >= 15 is 0 Å². The summed E-state index contributed by atoms with van der Waals surface area (Å²) in [6, 6.07) is 19.0. The summed E-state index contributed by atoms with van der Waals surface area (Å²) in [5.41, 5.74) is 0.130. The molecule has 0 amide bonds. The first kappa shape index (κ1) is 25.6. The van der Waals surface area contributed by atoms with Crippen LogP contribution in [-0.4, -0.2) is 25.8 Å². The molecule has 0 saturated heterocycles. The van der Waals surface area contributed by atoms with Gasteiger partial charge < -0.3 is 10.1 Å². The third-order valence-corrected chi connectivity index (χ3v) is 6.30. The molecule has 0 radical (unpaired) electrons. The van der Waals surface area contributed by atoms with Crippen LogP contribution in [0.25, 0.3) is 16.9 Å². The average molecular weight is 544 g/mol. The summed E-state index contributed by atoms with van der Waals surface area (Å²) >= 11 is 1.14. The Morgan fingerprint density at radius 2 is 1.64 bits per heavy atom. The van der Waals surface area contributed by atoms with Gasteiger partial charge in [-0.3, -0.25) is 4.98 Å². The van der Waals surface area contributed by atoms with Crippen LogP contribution in [0.2, 0.25) is 0 Å². The van der Waals surface area contributed by atoms with Crippen molar-refractivity contribution < 1.29 is 17.9 Å². The molecule has 8 nitrogen and oxygen atoms in total. The van der Waals surface area contributed by atoms with Gasteiger partial charge in [-0.1, -0.05) is 12.1 Å². The van der Waals surface area contributed by atoms with Crippen molar-refractivity contribution in [2.24, 2.45) is 0 Å². The number of pyridine rings is 1. The molecular weight excluding hydrogens is 527 g/mol. The molecule has 0 bridgehead atoms. The SMILES string of the molecule is CSc1nc2c(C#N)c(Nc3ccc(Oc4ccncc4)cc3)nn2c(-c2cccc(C(F)(F)F)c2)c1C#N. The maximum Gasteiger partial charge on any atom is 0.416 e. The number of fused-ring (bicyclic) bond motifs is 1. The van der Waals surface area contributed by atoms with Gasteiger partial charge in [-0.05, 0) is 54.8 Å². The summed E-state index contributed by atoms with van der Waals surface area (Å²) in [6.45, 7) is 0. The molecule has 0 aliphatic rings. The largest absolute Gasteiger partial charge is 0.457 e. The topological polar surface area (TPSA) is 112 Å². The van der Waals surface area contributed by atoms with Crippen molar-refractivity contribution in [3.05, 3.63) is 89.7 Å². The Balaban J connectivity index is 1.60. The second-order valence-electron chi connectivity index (χ2n) is 8.04. The number of nitriles is 2. The number of nitrogens with zero attached hydrogens (tertiary/aromatic N) is 6. The molecule has 1 N–H and O–H groups in total. The molecule has 0 saturated carbocycles. The zero-order valence-corrected chi connectivity index (χ0v) is 20.9. The van der Waals surface area contributed by atoms with E-state index in [0.717, 1.165) is 23.9 Å². The van der Waals surface area contributed by atoms with Crippen LogP contribution in [0.15, 0.2) is 78.1 Å². The van der Waals surface area contributed by atoms with Crippen molar-refractivity contribution in [1.29, 1.82) is 10.5 Å². The van der Waals surface area contributed by atoms with Gasteiger partial charge in [0.25, 0.3) is 0 Å². The van der Waals surface area contributed by atoms with Gasteiger partial charge >= 0.3 is 6.18 Å². The molecule has 0 aliphatic carbocycles. The predicted molar refractivity (Wildman–Crippen MR) is 139 cm³/mol. The first-order chi connectivity index (χ1) is 18.8. The summed E-state index contributed by atoms with van der Waals surface area (Å²) < 4.78 is 47.4. The van der Waals surface area contributed by atoms with Crippen molar-refractivity contribution in [3.63, 3.8) is 0 Å². The number of hydrogen-bond donors (Lipinski definition) is 1. The van der Waals surface area contributed by atoms with E-state index in [4.69, 9.17) is 4.74 Å². The second-order valence-corrected chi connectivity index (χ2v) is 8.84. The molecular formula is C27H16F3N7OS. The number of ether oxygens (including phenoxy) is 1. The summed E-state index contributed by atoms with van der Waals surface area (Å²) in [4.78, 5) is 8.39. The average Bonchev–Trinajstić information content (AvgIpc) is 3.29. The number of anilines is 2. The number of thioether (sulfide) groups is 1. The summed E-state index contributed by atoms with van der Waals surface area (Å²) in [5, 5.41) is 27.7. The molecule has 0 spiro atoms. The highest BCUT2D eigenvalue weighted by molar-refractivity contribution is 7.98. The van der Waals surface area contributed by atoms with Crippen molar-refractivity contribution >= 4 is 28.9 Å². The van der Waals surface area contributed by atoms with E-state index in [1.54, 1.807) is 55.0 Å². The summed E-state index contributed by atoms with van der Waals surface area (Å²) in [5.74, 6) is 1.31. The first-order valence-electron chi connectivity index (χ1n) is 11.3. The molecule has 12 heteroatoms. The Bertz CT molecular complexity index is 1760. The quantitative estimate of drug-likeness (QED) is 0.184. The Labute approximate surface area is 224 Å². The standard InChI is InChI=1S/C27H16F3N7OS/c1-39-26-21(14-31)23(16-3-2-4-17(13-16)27(28,29)30)37-25(35-26)22(15-32)24(36-37)34-18-5-7-19(8-6-18)38-20-9-11-33-12-10-20/h2-13H,1H3,(H,34,36). The van der Waals surface area contributed by atoms with Gasteiger partial charge in [0.05, 0.1) is 11.3 Å². The van der Waals surface area contributed by atoms with Crippen LogP contribution in [0.5, 0.6) is 11.5 Å². The third kappa shape index (κ3) is 5.06. The van der Waals surface area contributed by atoms with Crippen LogP contribution < -0.4 is 10.1 Å². The van der Waals surface area contributed by atoms with Gasteiger partial charge in [0.2, 0.25) is 0 Å². The monoisotopic (exact) mass is 543 g/mol. The number of nitrogens with one attached hydrogen (secondary N) is 1. The number of hydrogen-bond acceptors (Lipinski definition) is 8. The van der Waals surface area contributed by atoms with Gasteiger partial charge in [-0.2, -0.15) is 23.7 Å². The fraction of sp³-hybridized carbons (Fsp3) is 0.0741. The highest BCUT2D eigenvalue weighted by Gasteiger charge is 2.31. The lowest BCUT2D eigenvalue weighted by Crippen LogP contribution is -2.07. The highest BCUT2D eigenvalue weighted by atomic mass is 32.2. The molecule has 0 atom stereocenters. The molecule has 0 fully saturated rings. The first-order valence-corrected chi connectivity index (χ1v) is 12.5. The van der Waals surface area contributed by atoms with E-state index < -0.39 is 11.7 Å². The Hall–Kier alpha value is -5.07. The minimum absolute atomic E-state index is 0.0467. The van der Waals surface area contributed by atoms with Crippen LogP contribution in [0, 0.1) is 22.7 Å².